The Bertz CT molecular complexity index is 848. The number of benzene rings is 2. The molecule has 0 aliphatic carbocycles. The highest BCUT2D eigenvalue weighted by molar-refractivity contribution is 5.50. The number of hydrogen-bond acceptors (Lipinski definition) is 4. The summed E-state index contributed by atoms with van der Waals surface area (Å²) < 4.78 is 5.69. The van der Waals surface area contributed by atoms with E-state index in [0.717, 1.165) is 17.5 Å². The lowest BCUT2D eigenvalue weighted by atomic mass is 9.83. The normalized spacial score (nSPS) is 22.0. The predicted octanol–water partition coefficient (Wildman–Crippen LogP) is 2.55. The molecule has 1 aromatic heterocycles. The number of aromatic nitrogens is 1. The first kappa shape index (κ1) is 14.9. The third-order valence-electron chi connectivity index (χ3n) is 4.62. The molecule has 120 valence electrons. The van der Waals surface area contributed by atoms with E-state index < -0.39 is 11.8 Å². The Labute approximate surface area is 141 Å². The lowest BCUT2D eigenvalue weighted by Crippen LogP contribution is -2.52. The predicted molar refractivity (Wildman–Crippen MR) is 93.5 cm³/mol. The van der Waals surface area contributed by atoms with Gasteiger partial charge in [-0.15, -0.1) is 0 Å². The first-order valence-electron chi connectivity index (χ1n) is 7.97. The monoisotopic (exact) mass is 317 g/mol. The van der Waals surface area contributed by atoms with Gasteiger partial charge in [-0.05, 0) is 29.2 Å². The second-order valence-electron chi connectivity index (χ2n) is 6.14. The molecular formula is C20H19N3O. The molecule has 0 saturated heterocycles. The summed E-state index contributed by atoms with van der Waals surface area (Å²) in [5.41, 5.74) is 16.3. The van der Waals surface area contributed by atoms with E-state index in [1.807, 2.05) is 24.3 Å². The summed E-state index contributed by atoms with van der Waals surface area (Å²) in [5.74, 6) is 0.654. The second-order valence-corrected chi connectivity index (χ2v) is 6.14. The lowest BCUT2D eigenvalue weighted by molar-refractivity contribution is 0.177. The highest BCUT2D eigenvalue weighted by Gasteiger charge is 2.45. The van der Waals surface area contributed by atoms with Gasteiger partial charge in [0.05, 0.1) is 6.20 Å². The first-order valence-corrected chi connectivity index (χ1v) is 7.97. The van der Waals surface area contributed by atoms with E-state index in [2.05, 4.69) is 41.4 Å². The number of nitrogens with zero attached hydrogens (tertiary/aromatic N) is 1. The fourth-order valence-corrected chi connectivity index (χ4v) is 3.25. The van der Waals surface area contributed by atoms with Crippen LogP contribution in [-0.2, 0) is 12.0 Å². The summed E-state index contributed by atoms with van der Waals surface area (Å²) >= 11 is 0. The summed E-state index contributed by atoms with van der Waals surface area (Å²) in [5, 5.41) is 0. The van der Waals surface area contributed by atoms with Crippen molar-refractivity contribution in [2.75, 3.05) is 0 Å². The van der Waals surface area contributed by atoms with E-state index in [9.17, 15) is 0 Å². The van der Waals surface area contributed by atoms with Crippen molar-refractivity contribution in [3.8, 4) is 5.75 Å². The fourth-order valence-electron chi connectivity index (χ4n) is 3.25. The molecule has 0 spiro atoms. The van der Waals surface area contributed by atoms with Crippen LogP contribution in [0.2, 0.25) is 0 Å². The van der Waals surface area contributed by atoms with Crippen LogP contribution in [0.1, 0.15) is 22.3 Å². The SMILES string of the molecule is NC1Oc2cnccc2C1(N)c1ccc(Cc2ccccc2)cc1. The van der Waals surface area contributed by atoms with Crippen molar-refractivity contribution < 1.29 is 4.74 Å². The van der Waals surface area contributed by atoms with Gasteiger partial charge in [0, 0.05) is 11.8 Å². The van der Waals surface area contributed by atoms with Crippen LogP contribution in [0, 0.1) is 0 Å². The van der Waals surface area contributed by atoms with Gasteiger partial charge in [0.1, 0.15) is 11.3 Å². The molecule has 4 N–H and O–H groups in total. The van der Waals surface area contributed by atoms with Gasteiger partial charge in [-0.25, -0.2) is 0 Å². The molecule has 2 heterocycles. The molecule has 4 rings (SSSR count). The van der Waals surface area contributed by atoms with Gasteiger partial charge >= 0.3 is 0 Å². The number of hydrogen-bond donors (Lipinski definition) is 2. The quantitative estimate of drug-likeness (QED) is 0.778. The van der Waals surface area contributed by atoms with Crippen molar-refractivity contribution in [1.29, 1.82) is 0 Å². The molecule has 0 saturated carbocycles. The van der Waals surface area contributed by atoms with Gasteiger partial charge in [0.25, 0.3) is 0 Å². The summed E-state index contributed by atoms with van der Waals surface area (Å²) in [4.78, 5) is 4.07. The van der Waals surface area contributed by atoms with E-state index in [4.69, 9.17) is 16.2 Å². The zero-order valence-corrected chi connectivity index (χ0v) is 13.2. The van der Waals surface area contributed by atoms with Gasteiger partial charge in [0.15, 0.2) is 6.23 Å². The van der Waals surface area contributed by atoms with Crippen LogP contribution in [-0.4, -0.2) is 11.2 Å². The molecule has 4 nitrogen and oxygen atoms in total. The minimum atomic E-state index is -0.858. The van der Waals surface area contributed by atoms with Crippen LogP contribution >= 0.6 is 0 Å². The van der Waals surface area contributed by atoms with Crippen LogP contribution < -0.4 is 16.2 Å². The minimum absolute atomic E-state index is 0.628. The Balaban J connectivity index is 1.65. The third kappa shape index (κ3) is 2.37. The Kier molecular flexibility index (Phi) is 3.56. The van der Waals surface area contributed by atoms with E-state index in [1.165, 1.54) is 11.1 Å². The molecule has 0 amide bonds. The smallest absolute Gasteiger partial charge is 0.174 e. The topological polar surface area (TPSA) is 74.2 Å². The number of pyridine rings is 1. The molecule has 0 radical (unpaired) electrons. The number of nitrogens with two attached hydrogens (primary N) is 2. The molecule has 0 fully saturated rings. The molecule has 1 aliphatic heterocycles. The molecular weight excluding hydrogens is 298 g/mol. The van der Waals surface area contributed by atoms with Crippen molar-refractivity contribution in [2.24, 2.45) is 11.5 Å². The molecule has 24 heavy (non-hydrogen) atoms. The summed E-state index contributed by atoms with van der Waals surface area (Å²) in [6.07, 6.45) is 3.64. The summed E-state index contributed by atoms with van der Waals surface area (Å²) in [6.45, 7) is 0. The van der Waals surface area contributed by atoms with Gasteiger partial charge in [0.2, 0.25) is 0 Å². The van der Waals surface area contributed by atoms with E-state index in [-0.39, 0.29) is 0 Å². The van der Waals surface area contributed by atoms with Crippen LogP contribution in [0.4, 0.5) is 0 Å². The minimum Gasteiger partial charge on any atom is -0.471 e. The van der Waals surface area contributed by atoms with Crippen molar-refractivity contribution in [3.63, 3.8) is 0 Å². The summed E-state index contributed by atoms with van der Waals surface area (Å²) in [7, 11) is 0. The maximum Gasteiger partial charge on any atom is 0.174 e. The lowest BCUT2D eigenvalue weighted by Gasteiger charge is -2.28. The second kappa shape index (κ2) is 5.74. The molecule has 2 unspecified atom stereocenters. The van der Waals surface area contributed by atoms with Gasteiger partial charge in [-0.3, -0.25) is 10.7 Å². The van der Waals surface area contributed by atoms with E-state index >= 15 is 0 Å². The Hall–Kier alpha value is -2.69. The molecule has 3 aromatic rings. The maximum absolute atomic E-state index is 6.66. The third-order valence-corrected chi connectivity index (χ3v) is 4.62. The van der Waals surface area contributed by atoms with Crippen molar-refractivity contribution in [3.05, 3.63) is 95.3 Å². The molecule has 0 bridgehead atoms. The Morgan fingerprint density at radius 2 is 1.67 bits per heavy atom. The maximum atomic E-state index is 6.66. The number of rotatable bonds is 3. The van der Waals surface area contributed by atoms with E-state index in [1.54, 1.807) is 12.4 Å². The number of fused-ring (bicyclic) bond motifs is 1. The first-order chi connectivity index (χ1) is 11.7. The molecule has 2 aromatic carbocycles. The standard InChI is InChI=1S/C20H19N3O/c21-19-20(22,17-10-11-23-13-18(17)24-19)16-8-6-15(7-9-16)12-14-4-2-1-3-5-14/h1-11,13,19H,12,21-22H2. The Morgan fingerprint density at radius 3 is 2.42 bits per heavy atom. The molecule has 1 aliphatic rings. The van der Waals surface area contributed by atoms with Gasteiger partial charge in [-0.2, -0.15) is 0 Å². The zero-order chi connectivity index (χ0) is 16.6. The van der Waals surface area contributed by atoms with Crippen molar-refractivity contribution in [2.45, 2.75) is 18.2 Å². The van der Waals surface area contributed by atoms with Crippen LogP contribution in [0.5, 0.6) is 5.75 Å². The Morgan fingerprint density at radius 1 is 0.958 bits per heavy atom. The largest absolute Gasteiger partial charge is 0.471 e. The van der Waals surface area contributed by atoms with E-state index in [0.29, 0.717) is 5.75 Å². The highest BCUT2D eigenvalue weighted by Crippen LogP contribution is 2.41. The highest BCUT2D eigenvalue weighted by atomic mass is 16.5. The van der Waals surface area contributed by atoms with Crippen LogP contribution in [0.3, 0.4) is 0 Å². The molecule has 4 heteroatoms. The zero-order valence-electron chi connectivity index (χ0n) is 13.2. The summed E-state index contributed by atoms with van der Waals surface area (Å²) in [6, 6.07) is 20.5. The molecule has 2 atom stereocenters. The number of ether oxygens (including phenoxy) is 1. The fraction of sp³-hybridized carbons (Fsp3) is 0.150. The van der Waals surface area contributed by atoms with Gasteiger partial charge in [-0.1, -0.05) is 54.6 Å². The average Bonchev–Trinajstić information content (AvgIpc) is 2.88. The average molecular weight is 317 g/mol. The van der Waals surface area contributed by atoms with Crippen LogP contribution in [0.25, 0.3) is 0 Å². The van der Waals surface area contributed by atoms with Gasteiger partial charge < -0.3 is 10.5 Å². The van der Waals surface area contributed by atoms with Crippen LogP contribution in [0.15, 0.2) is 73.1 Å². The van der Waals surface area contributed by atoms with Crippen molar-refractivity contribution >= 4 is 0 Å². The van der Waals surface area contributed by atoms with Crippen molar-refractivity contribution in [1.82, 2.24) is 4.98 Å².